The minimum absolute atomic E-state index is 0.0842. The first-order valence-electron chi connectivity index (χ1n) is 7.58. The second-order valence-electron chi connectivity index (χ2n) is 5.12. The van der Waals surface area contributed by atoms with E-state index in [0.717, 1.165) is 10.6 Å². The van der Waals surface area contributed by atoms with E-state index >= 15 is 0 Å². The van der Waals surface area contributed by atoms with E-state index in [4.69, 9.17) is 9.47 Å². The van der Waals surface area contributed by atoms with E-state index in [9.17, 15) is 9.59 Å². The average Bonchev–Trinajstić information content (AvgIpc) is 3.14. The third kappa shape index (κ3) is 4.51. The first-order valence-corrected chi connectivity index (χ1v) is 8.46. The topological polar surface area (TPSA) is 65.5 Å². The van der Waals surface area contributed by atoms with Gasteiger partial charge in [0.25, 0.3) is 0 Å². The van der Waals surface area contributed by atoms with Gasteiger partial charge in [0, 0.05) is 10.9 Å². The molecule has 0 radical (unpaired) electrons. The summed E-state index contributed by atoms with van der Waals surface area (Å²) < 4.78 is 10.5. The lowest BCUT2D eigenvalue weighted by atomic mass is 10.2. The number of thiazole rings is 1. The van der Waals surface area contributed by atoms with Crippen LogP contribution in [-0.2, 0) is 16.1 Å². The van der Waals surface area contributed by atoms with E-state index in [2.05, 4.69) is 4.98 Å². The molecule has 0 saturated carbocycles. The molecule has 3 aromatic rings. The number of benzene rings is 2. The Bertz CT molecular complexity index is 861. The van der Waals surface area contributed by atoms with E-state index in [1.807, 2.05) is 35.7 Å². The molecule has 25 heavy (non-hydrogen) atoms. The van der Waals surface area contributed by atoms with E-state index in [1.165, 1.54) is 11.3 Å². The van der Waals surface area contributed by atoms with Gasteiger partial charge < -0.3 is 9.47 Å². The molecule has 0 aliphatic rings. The van der Waals surface area contributed by atoms with Crippen molar-refractivity contribution in [3.63, 3.8) is 0 Å². The van der Waals surface area contributed by atoms with Crippen LogP contribution < -0.4 is 4.74 Å². The molecule has 6 heteroatoms. The van der Waals surface area contributed by atoms with E-state index in [0.29, 0.717) is 23.3 Å². The standard InChI is InChI=1S/C19H15NO4S/c21-10-15-8-4-5-9-17(15)23-12-18(22)24-11-16-13-25-19(20-16)14-6-2-1-3-7-14/h1-10,13H,11-12H2. The SMILES string of the molecule is O=Cc1ccccc1OCC(=O)OCc1csc(-c2ccccc2)n1. The number of carbonyl (C=O) groups excluding carboxylic acids is 2. The smallest absolute Gasteiger partial charge is 0.344 e. The number of hydrogen-bond donors (Lipinski definition) is 0. The highest BCUT2D eigenvalue weighted by Crippen LogP contribution is 2.23. The van der Waals surface area contributed by atoms with Crippen molar-refractivity contribution in [2.24, 2.45) is 0 Å². The van der Waals surface area contributed by atoms with Crippen molar-refractivity contribution in [1.82, 2.24) is 4.98 Å². The molecule has 0 saturated heterocycles. The molecule has 126 valence electrons. The Labute approximate surface area is 148 Å². The third-order valence-electron chi connectivity index (χ3n) is 3.35. The van der Waals surface area contributed by atoms with Crippen LogP contribution >= 0.6 is 11.3 Å². The molecule has 0 spiro atoms. The highest BCUT2D eigenvalue weighted by atomic mass is 32.1. The molecular formula is C19H15NO4S. The summed E-state index contributed by atoms with van der Waals surface area (Å²) in [5, 5.41) is 2.74. The lowest BCUT2D eigenvalue weighted by molar-refractivity contribution is -0.147. The highest BCUT2D eigenvalue weighted by molar-refractivity contribution is 7.13. The lowest BCUT2D eigenvalue weighted by Gasteiger charge is -2.07. The van der Waals surface area contributed by atoms with Gasteiger partial charge in [-0.05, 0) is 12.1 Å². The summed E-state index contributed by atoms with van der Waals surface area (Å²) in [5.74, 6) is -0.163. The van der Waals surface area contributed by atoms with Crippen LogP contribution in [0.15, 0.2) is 60.0 Å². The van der Waals surface area contributed by atoms with Gasteiger partial charge in [0.15, 0.2) is 12.9 Å². The zero-order chi connectivity index (χ0) is 17.5. The number of hydrogen-bond acceptors (Lipinski definition) is 6. The molecule has 5 nitrogen and oxygen atoms in total. The molecule has 0 aliphatic carbocycles. The maximum absolute atomic E-state index is 11.8. The Kier molecular flexibility index (Phi) is 5.53. The summed E-state index contributed by atoms with van der Waals surface area (Å²) in [4.78, 5) is 27.2. The molecule has 0 fully saturated rings. The Hall–Kier alpha value is -2.99. The van der Waals surface area contributed by atoms with Crippen LogP contribution in [0.25, 0.3) is 10.6 Å². The van der Waals surface area contributed by atoms with Crippen LogP contribution in [0.1, 0.15) is 16.1 Å². The number of para-hydroxylation sites is 1. The number of rotatable bonds is 7. The first-order chi connectivity index (χ1) is 12.3. The second kappa shape index (κ2) is 8.21. The number of carbonyl (C=O) groups is 2. The zero-order valence-corrected chi connectivity index (χ0v) is 14.1. The van der Waals surface area contributed by atoms with E-state index in [1.54, 1.807) is 24.3 Å². The van der Waals surface area contributed by atoms with Gasteiger partial charge in [-0.25, -0.2) is 9.78 Å². The van der Waals surface area contributed by atoms with Gasteiger partial charge in [-0.1, -0.05) is 42.5 Å². The van der Waals surface area contributed by atoms with E-state index in [-0.39, 0.29) is 13.2 Å². The molecular weight excluding hydrogens is 338 g/mol. The van der Waals surface area contributed by atoms with Crippen molar-refractivity contribution in [3.05, 3.63) is 71.2 Å². The minimum atomic E-state index is -0.519. The molecule has 0 N–H and O–H groups in total. The number of ether oxygens (including phenoxy) is 2. The molecule has 3 rings (SSSR count). The Morgan fingerprint density at radius 3 is 2.64 bits per heavy atom. The minimum Gasteiger partial charge on any atom is -0.481 e. The van der Waals surface area contributed by atoms with Gasteiger partial charge in [-0.3, -0.25) is 4.79 Å². The number of nitrogens with zero attached hydrogens (tertiary/aromatic N) is 1. The fourth-order valence-electron chi connectivity index (χ4n) is 2.13. The fraction of sp³-hybridized carbons (Fsp3) is 0.105. The van der Waals surface area contributed by atoms with Crippen LogP contribution in [0.2, 0.25) is 0 Å². The first kappa shape index (κ1) is 16.9. The van der Waals surface area contributed by atoms with Crippen LogP contribution in [-0.4, -0.2) is 23.8 Å². The van der Waals surface area contributed by atoms with Gasteiger partial charge in [0.2, 0.25) is 0 Å². The number of aldehydes is 1. The summed E-state index contributed by atoms with van der Waals surface area (Å²) in [6, 6.07) is 16.5. The fourth-order valence-corrected chi connectivity index (χ4v) is 2.94. The monoisotopic (exact) mass is 353 g/mol. The van der Waals surface area contributed by atoms with Crippen molar-refractivity contribution in [1.29, 1.82) is 0 Å². The molecule has 1 heterocycles. The summed E-state index contributed by atoms with van der Waals surface area (Å²) >= 11 is 1.50. The van der Waals surface area contributed by atoms with Gasteiger partial charge in [-0.15, -0.1) is 11.3 Å². The summed E-state index contributed by atoms with van der Waals surface area (Å²) in [6.45, 7) is -0.179. The Balaban J connectivity index is 1.51. The summed E-state index contributed by atoms with van der Waals surface area (Å²) in [6.07, 6.45) is 0.682. The average molecular weight is 353 g/mol. The molecule has 1 aromatic heterocycles. The van der Waals surface area contributed by atoms with Crippen molar-refractivity contribution in [3.8, 4) is 16.3 Å². The molecule has 0 amide bonds. The van der Waals surface area contributed by atoms with Gasteiger partial charge in [0.1, 0.15) is 17.4 Å². The number of aromatic nitrogens is 1. The highest BCUT2D eigenvalue weighted by Gasteiger charge is 2.10. The predicted octanol–water partition coefficient (Wildman–Crippen LogP) is 3.74. The van der Waals surface area contributed by atoms with E-state index < -0.39 is 5.97 Å². The van der Waals surface area contributed by atoms with Crippen molar-refractivity contribution < 1.29 is 19.1 Å². The quantitative estimate of drug-likeness (QED) is 0.478. The largest absolute Gasteiger partial charge is 0.481 e. The van der Waals surface area contributed by atoms with Gasteiger partial charge in [0.05, 0.1) is 11.3 Å². The molecule has 2 aromatic carbocycles. The Morgan fingerprint density at radius 2 is 1.84 bits per heavy atom. The van der Waals surface area contributed by atoms with Crippen molar-refractivity contribution in [2.75, 3.05) is 6.61 Å². The maximum Gasteiger partial charge on any atom is 0.344 e. The number of esters is 1. The molecule has 0 atom stereocenters. The maximum atomic E-state index is 11.8. The summed E-state index contributed by atoms with van der Waals surface area (Å²) in [5.41, 5.74) is 2.10. The normalized spacial score (nSPS) is 10.2. The van der Waals surface area contributed by atoms with Gasteiger partial charge in [-0.2, -0.15) is 0 Å². The summed E-state index contributed by atoms with van der Waals surface area (Å²) in [7, 11) is 0. The van der Waals surface area contributed by atoms with Crippen LogP contribution in [0.4, 0.5) is 0 Å². The molecule has 0 unspecified atom stereocenters. The van der Waals surface area contributed by atoms with Crippen molar-refractivity contribution in [2.45, 2.75) is 6.61 Å². The van der Waals surface area contributed by atoms with Crippen LogP contribution in [0, 0.1) is 0 Å². The molecule has 0 bridgehead atoms. The zero-order valence-electron chi connectivity index (χ0n) is 13.3. The molecule has 0 aliphatic heterocycles. The van der Waals surface area contributed by atoms with Crippen molar-refractivity contribution >= 4 is 23.6 Å². The van der Waals surface area contributed by atoms with Gasteiger partial charge >= 0.3 is 5.97 Å². The van der Waals surface area contributed by atoms with Crippen LogP contribution in [0.3, 0.4) is 0 Å². The second-order valence-corrected chi connectivity index (χ2v) is 5.97. The Morgan fingerprint density at radius 1 is 1.08 bits per heavy atom. The third-order valence-corrected chi connectivity index (χ3v) is 4.29. The van der Waals surface area contributed by atoms with Crippen LogP contribution in [0.5, 0.6) is 5.75 Å². The predicted molar refractivity (Wildman–Crippen MR) is 94.7 cm³/mol. The lowest BCUT2D eigenvalue weighted by Crippen LogP contribution is -2.15.